The number of rotatable bonds is 6. The number of hydrogen-bond donors (Lipinski definition) is 1. The molecule has 78 valence electrons. The molecule has 0 aromatic heterocycles. The van der Waals surface area contributed by atoms with Crippen LogP contribution < -0.4 is 0 Å². The maximum Gasteiger partial charge on any atom is 0.314 e. The van der Waals surface area contributed by atoms with Crippen molar-refractivity contribution in [1.82, 2.24) is 0 Å². The largest absolute Gasteiger partial charge is 0.465 e. The van der Waals surface area contributed by atoms with E-state index in [9.17, 15) is 9.90 Å². The van der Waals surface area contributed by atoms with Crippen LogP contribution >= 0.6 is 0 Å². The van der Waals surface area contributed by atoms with Crippen LogP contribution in [-0.2, 0) is 9.53 Å². The van der Waals surface area contributed by atoms with Gasteiger partial charge in [-0.25, -0.2) is 0 Å². The molecule has 0 aliphatic heterocycles. The highest BCUT2D eigenvalue weighted by molar-refractivity contribution is 5.76. The Morgan fingerprint density at radius 3 is 2.31 bits per heavy atom. The van der Waals surface area contributed by atoms with E-state index < -0.39 is 5.41 Å². The predicted molar refractivity (Wildman–Crippen MR) is 51.4 cm³/mol. The summed E-state index contributed by atoms with van der Waals surface area (Å²) in [6, 6.07) is 0. The molecule has 0 rings (SSSR count). The fourth-order valence-corrected chi connectivity index (χ4v) is 1.44. The van der Waals surface area contributed by atoms with Gasteiger partial charge >= 0.3 is 5.97 Å². The van der Waals surface area contributed by atoms with E-state index in [4.69, 9.17) is 4.74 Å². The number of hydrogen-bond acceptors (Lipinski definition) is 3. The SMILES string of the molecule is CCCC(CC)(CO)C(=O)OCC. The first kappa shape index (κ1) is 12.4. The van der Waals surface area contributed by atoms with Crippen LogP contribution in [0.15, 0.2) is 0 Å². The summed E-state index contributed by atoms with van der Waals surface area (Å²) >= 11 is 0. The highest BCUT2D eigenvalue weighted by atomic mass is 16.5. The second-order valence-corrected chi connectivity index (χ2v) is 3.26. The Kier molecular flexibility index (Phi) is 5.71. The van der Waals surface area contributed by atoms with Gasteiger partial charge in [0.1, 0.15) is 0 Å². The Labute approximate surface area is 80.1 Å². The molecule has 0 saturated carbocycles. The van der Waals surface area contributed by atoms with Gasteiger partial charge in [-0.15, -0.1) is 0 Å². The molecule has 3 nitrogen and oxygen atoms in total. The van der Waals surface area contributed by atoms with Gasteiger partial charge in [-0.1, -0.05) is 20.3 Å². The van der Waals surface area contributed by atoms with Gasteiger partial charge < -0.3 is 9.84 Å². The Morgan fingerprint density at radius 2 is 2.00 bits per heavy atom. The molecule has 1 atom stereocenters. The topological polar surface area (TPSA) is 46.5 Å². The summed E-state index contributed by atoms with van der Waals surface area (Å²) in [5.41, 5.74) is -0.662. The smallest absolute Gasteiger partial charge is 0.314 e. The van der Waals surface area contributed by atoms with E-state index in [2.05, 4.69) is 0 Å². The maximum absolute atomic E-state index is 11.5. The van der Waals surface area contributed by atoms with Gasteiger partial charge in [0.25, 0.3) is 0 Å². The van der Waals surface area contributed by atoms with E-state index in [-0.39, 0.29) is 12.6 Å². The number of aliphatic hydroxyl groups is 1. The van der Waals surface area contributed by atoms with Gasteiger partial charge in [0.2, 0.25) is 0 Å². The lowest BCUT2D eigenvalue weighted by molar-refractivity contribution is -0.159. The molecule has 1 unspecified atom stereocenters. The van der Waals surface area contributed by atoms with Crippen LogP contribution in [-0.4, -0.2) is 24.3 Å². The number of ether oxygens (including phenoxy) is 1. The maximum atomic E-state index is 11.5. The molecule has 1 N–H and O–H groups in total. The number of aliphatic hydroxyl groups excluding tert-OH is 1. The summed E-state index contributed by atoms with van der Waals surface area (Å²) in [5, 5.41) is 9.20. The monoisotopic (exact) mass is 188 g/mol. The lowest BCUT2D eigenvalue weighted by atomic mass is 9.82. The van der Waals surface area contributed by atoms with Crippen molar-refractivity contribution < 1.29 is 14.6 Å². The van der Waals surface area contributed by atoms with E-state index in [1.165, 1.54) is 0 Å². The second kappa shape index (κ2) is 5.97. The average molecular weight is 188 g/mol. The quantitative estimate of drug-likeness (QED) is 0.646. The molecule has 0 radical (unpaired) electrons. The first-order valence-electron chi connectivity index (χ1n) is 4.95. The van der Waals surface area contributed by atoms with Crippen molar-refractivity contribution in [1.29, 1.82) is 0 Å². The lowest BCUT2D eigenvalue weighted by Gasteiger charge is -2.27. The zero-order valence-corrected chi connectivity index (χ0v) is 8.80. The molecule has 0 aliphatic carbocycles. The lowest BCUT2D eigenvalue weighted by Crippen LogP contribution is -2.36. The van der Waals surface area contributed by atoms with Crippen LogP contribution in [0.2, 0.25) is 0 Å². The Morgan fingerprint density at radius 1 is 1.38 bits per heavy atom. The van der Waals surface area contributed by atoms with E-state index in [1.807, 2.05) is 13.8 Å². The molecule has 0 saturated heterocycles. The highest BCUT2D eigenvalue weighted by Gasteiger charge is 2.36. The van der Waals surface area contributed by atoms with E-state index in [1.54, 1.807) is 6.92 Å². The number of carbonyl (C=O) groups is 1. The van der Waals surface area contributed by atoms with Crippen molar-refractivity contribution in [3.8, 4) is 0 Å². The third-order valence-electron chi connectivity index (χ3n) is 2.42. The summed E-state index contributed by atoms with van der Waals surface area (Å²) in [5.74, 6) is -0.262. The predicted octanol–water partition coefficient (Wildman–Crippen LogP) is 1.74. The van der Waals surface area contributed by atoms with Crippen LogP contribution in [0.4, 0.5) is 0 Å². The normalized spacial score (nSPS) is 15.1. The zero-order valence-electron chi connectivity index (χ0n) is 8.80. The third kappa shape index (κ3) is 2.99. The molecule has 13 heavy (non-hydrogen) atoms. The summed E-state index contributed by atoms with van der Waals surface area (Å²) in [7, 11) is 0. The van der Waals surface area contributed by atoms with Gasteiger partial charge in [0.15, 0.2) is 0 Å². The molecule has 0 aliphatic rings. The standard InChI is InChI=1S/C10H20O3/c1-4-7-10(5-2,8-11)9(12)13-6-3/h11H,4-8H2,1-3H3. The fourth-order valence-electron chi connectivity index (χ4n) is 1.44. The minimum absolute atomic E-state index is 0.115. The molecule has 0 aromatic rings. The van der Waals surface area contributed by atoms with Crippen LogP contribution in [0.1, 0.15) is 40.0 Å². The van der Waals surface area contributed by atoms with Crippen molar-refractivity contribution in [3.05, 3.63) is 0 Å². The van der Waals surface area contributed by atoms with Crippen LogP contribution in [0, 0.1) is 5.41 Å². The first-order chi connectivity index (χ1) is 6.16. The van der Waals surface area contributed by atoms with Crippen molar-refractivity contribution >= 4 is 5.97 Å². The van der Waals surface area contributed by atoms with Gasteiger partial charge in [-0.3, -0.25) is 4.79 Å². The minimum Gasteiger partial charge on any atom is -0.465 e. The summed E-state index contributed by atoms with van der Waals surface area (Å²) < 4.78 is 4.94. The zero-order chi connectivity index (χ0) is 10.3. The molecular weight excluding hydrogens is 168 g/mol. The van der Waals surface area contributed by atoms with Gasteiger partial charge in [-0.05, 0) is 19.8 Å². The first-order valence-corrected chi connectivity index (χ1v) is 4.95. The van der Waals surface area contributed by atoms with Crippen LogP contribution in [0.5, 0.6) is 0 Å². The van der Waals surface area contributed by atoms with Gasteiger partial charge in [0, 0.05) is 0 Å². The van der Waals surface area contributed by atoms with Gasteiger partial charge in [0.05, 0.1) is 18.6 Å². The van der Waals surface area contributed by atoms with Crippen molar-refractivity contribution in [2.75, 3.05) is 13.2 Å². The second-order valence-electron chi connectivity index (χ2n) is 3.26. The molecule has 0 aromatic carbocycles. The van der Waals surface area contributed by atoms with Crippen LogP contribution in [0.3, 0.4) is 0 Å². The molecule has 0 spiro atoms. The molecule has 0 bridgehead atoms. The summed E-state index contributed by atoms with van der Waals surface area (Å²) in [6.45, 7) is 5.95. The molecule has 0 heterocycles. The van der Waals surface area contributed by atoms with E-state index >= 15 is 0 Å². The number of esters is 1. The van der Waals surface area contributed by atoms with Crippen LogP contribution in [0.25, 0.3) is 0 Å². The van der Waals surface area contributed by atoms with Gasteiger partial charge in [-0.2, -0.15) is 0 Å². The molecule has 3 heteroatoms. The van der Waals surface area contributed by atoms with E-state index in [0.29, 0.717) is 19.4 Å². The Hall–Kier alpha value is -0.570. The molecular formula is C10H20O3. The third-order valence-corrected chi connectivity index (χ3v) is 2.42. The summed E-state index contributed by atoms with van der Waals surface area (Å²) in [6.07, 6.45) is 2.21. The molecule has 0 fully saturated rings. The van der Waals surface area contributed by atoms with Crippen molar-refractivity contribution in [3.63, 3.8) is 0 Å². The summed E-state index contributed by atoms with van der Waals surface area (Å²) in [4.78, 5) is 11.5. The average Bonchev–Trinajstić information content (AvgIpc) is 2.14. The van der Waals surface area contributed by atoms with Crippen molar-refractivity contribution in [2.24, 2.45) is 5.41 Å². The Bertz CT molecular complexity index is 150. The molecule has 0 amide bonds. The minimum atomic E-state index is -0.662. The Balaban J connectivity index is 4.43. The van der Waals surface area contributed by atoms with E-state index in [0.717, 1.165) is 6.42 Å². The fraction of sp³-hybridized carbons (Fsp3) is 0.900. The van der Waals surface area contributed by atoms with Crippen molar-refractivity contribution in [2.45, 2.75) is 40.0 Å². The highest BCUT2D eigenvalue weighted by Crippen LogP contribution is 2.29. The number of carbonyl (C=O) groups excluding carboxylic acids is 1.